The highest BCUT2D eigenvalue weighted by molar-refractivity contribution is 6.34. The van der Waals surface area contributed by atoms with Gasteiger partial charge >= 0.3 is 0 Å². The number of aryl methyl sites for hydroxylation is 1. The first-order valence-corrected chi connectivity index (χ1v) is 5.03. The molecule has 1 heterocycles. The lowest BCUT2D eigenvalue weighted by Gasteiger charge is -2.00. The summed E-state index contributed by atoms with van der Waals surface area (Å²) in [5.41, 5.74) is 2.18. The van der Waals surface area contributed by atoms with Crippen LogP contribution in [0.3, 0.4) is 0 Å². The van der Waals surface area contributed by atoms with E-state index in [-0.39, 0.29) is 0 Å². The van der Waals surface area contributed by atoms with Crippen molar-refractivity contribution in [2.75, 3.05) is 6.61 Å². The van der Waals surface area contributed by atoms with Gasteiger partial charge in [-0.05, 0) is 24.1 Å². The molecule has 5 heteroatoms. The maximum atomic E-state index is 5.96. The van der Waals surface area contributed by atoms with Gasteiger partial charge < -0.3 is 4.84 Å². The predicted octanol–water partition coefficient (Wildman–Crippen LogP) is 1.66. The van der Waals surface area contributed by atoms with Crippen LogP contribution in [0, 0.1) is 0 Å². The Kier molecular flexibility index (Phi) is 2.90. The van der Waals surface area contributed by atoms with Gasteiger partial charge in [-0.2, -0.15) is 5.10 Å². The lowest BCUT2D eigenvalue weighted by Crippen LogP contribution is -2.03. The standard InChI is InChI=1S/C10H12ClN3O/c1-14-9-6-7(4-5-15-12)2-3-8(9)10(11)13-14/h2-3,6H,4-5,12H2,1H3. The second kappa shape index (κ2) is 4.18. The molecule has 0 unspecified atom stereocenters. The number of nitrogens with two attached hydrogens (primary N) is 1. The Hall–Kier alpha value is -1.10. The van der Waals surface area contributed by atoms with Crippen LogP contribution in [-0.2, 0) is 18.3 Å². The van der Waals surface area contributed by atoms with Crippen LogP contribution >= 0.6 is 11.6 Å². The lowest BCUT2D eigenvalue weighted by molar-refractivity contribution is 0.141. The van der Waals surface area contributed by atoms with Crippen LogP contribution in [0.1, 0.15) is 5.56 Å². The fourth-order valence-electron chi connectivity index (χ4n) is 1.59. The number of aromatic nitrogens is 2. The van der Waals surface area contributed by atoms with Crippen molar-refractivity contribution in [2.45, 2.75) is 6.42 Å². The van der Waals surface area contributed by atoms with Crippen molar-refractivity contribution in [1.82, 2.24) is 9.78 Å². The average molecular weight is 226 g/mol. The number of hydrogen-bond acceptors (Lipinski definition) is 3. The van der Waals surface area contributed by atoms with E-state index < -0.39 is 0 Å². The Balaban J connectivity index is 2.41. The SMILES string of the molecule is Cn1nc(Cl)c2ccc(CCON)cc21. The summed E-state index contributed by atoms with van der Waals surface area (Å²) in [6.07, 6.45) is 0.787. The molecule has 0 aliphatic rings. The van der Waals surface area contributed by atoms with Crippen molar-refractivity contribution < 1.29 is 4.84 Å². The molecule has 0 aliphatic carbocycles. The molecule has 0 fully saturated rings. The minimum atomic E-state index is 0.511. The van der Waals surface area contributed by atoms with Crippen molar-refractivity contribution in [3.8, 4) is 0 Å². The van der Waals surface area contributed by atoms with E-state index in [4.69, 9.17) is 17.5 Å². The second-order valence-electron chi connectivity index (χ2n) is 3.39. The number of hydrogen-bond donors (Lipinski definition) is 1. The summed E-state index contributed by atoms with van der Waals surface area (Å²) in [6, 6.07) is 6.03. The van der Waals surface area contributed by atoms with E-state index in [9.17, 15) is 0 Å². The third kappa shape index (κ3) is 1.97. The Morgan fingerprint density at radius 2 is 2.33 bits per heavy atom. The van der Waals surface area contributed by atoms with E-state index in [1.807, 2.05) is 25.2 Å². The van der Waals surface area contributed by atoms with E-state index >= 15 is 0 Å². The average Bonchev–Trinajstić information content (AvgIpc) is 2.52. The van der Waals surface area contributed by atoms with Crippen LogP contribution in [0.5, 0.6) is 0 Å². The molecule has 0 saturated carbocycles. The molecule has 1 aromatic heterocycles. The molecular formula is C10H12ClN3O. The van der Waals surface area contributed by atoms with Gasteiger partial charge in [0, 0.05) is 12.4 Å². The van der Waals surface area contributed by atoms with Crippen LogP contribution in [0.25, 0.3) is 10.9 Å². The molecule has 0 bridgehead atoms. The number of benzene rings is 1. The number of rotatable bonds is 3. The van der Waals surface area contributed by atoms with Gasteiger partial charge in [0.1, 0.15) is 0 Å². The molecule has 15 heavy (non-hydrogen) atoms. The zero-order valence-corrected chi connectivity index (χ0v) is 9.16. The summed E-state index contributed by atoms with van der Waals surface area (Å²) in [5.74, 6) is 4.98. The molecule has 0 saturated heterocycles. The Morgan fingerprint density at radius 1 is 1.53 bits per heavy atom. The number of fused-ring (bicyclic) bond motifs is 1. The Bertz CT molecular complexity index is 481. The molecule has 2 aromatic rings. The first kappa shape index (κ1) is 10.4. The first-order chi connectivity index (χ1) is 7.22. The normalized spacial score (nSPS) is 11.1. The minimum Gasteiger partial charge on any atom is -0.304 e. The summed E-state index contributed by atoms with van der Waals surface area (Å²) >= 11 is 5.96. The van der Waals surface area contributed by atoms with E-state index in [2.05, 4.69) is 9.94 Å². The lowest BCUT2D eigenvalue weighted by atomic mass is 10.1. The van der Waals surface area contributed by atoms with Gasteiger partial charge in [-0.15, -0.1) is 0 Å². The summed E-state index contributed by atoms with van der Waals surface area (Å²) < 4.78 is 1.77. The van der Waals surface area contributed by atoms with Crippen molar-refractivity contribution in [3.05, 3.63) is 28.9 Å². The molecule has 0 aliphatic heterocycles. The third-order valence-corrected chi connectivity index (χ3v) is 2.66. The quantitative estimate of drug-likeness (QED) is 0.809. The summed E-state index contributed by atoms with van der Waals surface area (Å²) in [5, 5.41) is 5.64. The van der Waals surface area contributed by atoms with E-state index in [1.54, 1.807) is 4.68 Å². The van der Waals surface area contributed by atoms with Crippen LogP contribution in [0.15, 0.2) is 18.2 Å². The Labute approximate surface area is 92.5 Å². The molecule has 2 N–H and O–H groups in total. The van der Waals surface area contributed by atoms with Gasteiger partial charge in [-0.1, -0.05) is 17.7 Å². The van der Waals surface area contributed by atoms with Crippen LogP contribution in [-0.4, -0.2) is 16.4 Å². The zero-order chi connectivity index (χ0) is 10.8. The van der Waals surface area contributed by atoms with E-state index in [1.165, 1.54) is 0 Å². The fourth-order valence-corrected chi connectivity index (χ4v) is 1.86. The first-order valence-electron chi connectivity index (χ1n) is 4.65. The number of nitrogens with zero attached hydrogens (tertiary/aromatic N) is 2. The highest BCUT2D eigenvalue weighted by Gasteiger charge is 2.06. The van der Waals surface area contributed by atoms with Crippen LogP contribution < -0.4 is 5.90 Å². The van der Waals surface area contributed by atoms with Crippen molar-refractivity contribution in [3.63, 3.8) is 0 Å². The molecular weight excluding hydrogens is 214 g/mol. The predicted molar refractivity (Wildman–Crippen MR) is 59.6 cm³/mol. The molecule has 4 nitrogen and oxygen atoms in total. The maximum Gasteiger partial charge on any atom is 0.158 e. The molecule has 0 spiro atoms. The van der Waals surface area contributed by atoms with Gasteiger partial charge in [0.15, 0.2) is 5.15 Å². The van der Waals surface area contributed by atoms with Gasteiger partial charge in [-0.3, -0.25) is 4.68 Å². The Morgan fingerprint density at radius 3 is 3.07 bits per heavy atom. The molecule has 0 atom stereocenters. The summed E-state index contributed by atoms with van der Waals surface area (Å²) in [6.45, 7) is 0.511. The van der Waals surface area contributed by atoms with Crippen molar-refractivity contribution >= 4 is 22.5 Å². The monoisotopic (exact) mass is 225 g/mol. The van der Waals surface area contributed by atoms with E-state index in [0.717, 1.165) is 22.9 Å². The van der Waals surface area contributed by atoms with Gasteiger partial charge in [-0.25, -0.2) is 5.90 Å². The maximum absolute atomic E-state index is 5.96. The van der Waals surface area contributed by atoms with Crippen molar-refractivity contribution in [2.24, 2.45) is 12.9 Å². The van der Waals surface area contributed by atoms with Gasteiger partial charge in [0.05, 0.1) is 12.1 Å². The highest BCUT2D eigenvalue weighted by atomic mass is 35.5. The third-order valence-electron chi connectivity index (χ3n) is 2.38. The fraction of sp³-hybridized carbons (Fsp3) is 0.300. The van der Waals surface area contributed by atoms with Gasteiger partial charge in [0.2, 0.25) is 0 Å². The van der Waals surface area contributed by atoms with Crippen molar-refractivity contribution in [1.29, 1.82) is 0 Å². The minimum absolute atomic E-state index is 0.511. The highest BCUT2D eigenvalue weighted by Crippen LogP contribution is 2.23. The molecule has 2 rings (SSSR count). The summed E-state index contributed by atoms with van der Waals surface area (Å²) in [7, 11) is 1.87. The molecule has 0 radical (unpaired) electrons. The number of halogens is 1. The van der Waals surface area contributed by atoms with Crippen LogP contribution in [0.4, 0.5) is 0 Å². The second-order valence-corrected chi connectivity index (χ2v) is 3.74. The van der Waals surface area contributed by atoms with E-state index in [0.29, 0.717) is 11.8 Å². The summed E-state index contributed by atoms with van der Waals surface area (Å²) in [4.78, 5) is 4.54. The topological polar surface area (TPSA) is 53.1 Å². The van der Waals surface area contributed by atoms with Crippen LogP contribution in [0.2, 0.25) is 5.15 Å². The van der Waals surface area contributed by atoms with Gasteiger partial charge in [0.25, 0.3) is 0 Å². The largest absolute Gasteiger partial charge is 0.304 e. The smallest absolute Gasteiger partial charge is 0.158 e. The molecule has 80 valence electrons. The molecule has 0 amide bonds. The zero-order valence-electron chi connectivity index (χ0n) is 8.40. The molecule has 1 aromatic carbocycles.